The second kappa shape index (κ2) is 8.37. The minimum absolute atomic E-state index is 0.123. The van der Waals surface area contributed by atoms with Crippen LogP contribution in [-0.4, -0.2) is 18.0 Å². The molecule has 0 aliphatic carbocycles. The van der Waals surface area contributed by atoms with E-state index in [1.165, 1.54) is 0 Å². The SMILES string of the molecule is CCc1ccccc1NC(=O)c1c(C)c(-c2ccc(OC)cc2)nc2ccccc12. The Morgan fingerprint density at radius 3 is 2.40 bits per heavy atom. The third-order valence-electron chi connectivity index (χ3n) is 5.37. The van der Waals surface area contributed by atoms with Crippen molar-refractivity contribution in [2.75, 3.05) is 12.4 Å². The molecule has 1 amide bonds. The number of aromatic nitrogens is 1. The zero-order valence-corrected chi connectivity index (χ0v) is 17.4. The van der Waals surface area contributed by atoms with Gasteiger partial charge in [-0.2, -0.15) is 0 Å². The molecule has 4 heteroatoms. The van der Waals surface area contributed by atoms with Crippen molar-refractivity contribution in [2.24, 2.45) is 0 Å². The molecule has 4 aromatic rings. The highest BCUT2D eigenvalue weighted by molar-refractivity contribution is 6.14. The average Bonchev–Trinajstić information content (AvgIpc) is 2.79. The number of ether oxygens (including phenoxy) is 1. The van der Waals surface area contributed by atoms with Gasteiger partial charge in [-0.3, -0.25) is 4.79 Å². The van der Waals surface area contributed by atoms with E-state index < -0.39 is 0 Å². The van der Waals surface area contributed by atoms with Crippen molar-refractivity contribution in [3.05, 3.63) is 89.5 Å². The molecule has 0 atom stereocenters. The summed E-state index contributed by atoms with van der Waals surface area (Å²) in [6.07, 6.45) is 0.851. The van der Waals surface area contributed by atoms with Gasteiger partial charge in [-0.05, 0) is 60.9 Å². The molecular weight excluding hydrogens is 372 g/mol. The monoisotopic (exact) mass is 396 g/mol. The Labute approximate surface area is 176 Å². The van der Waals surface area contributed by atoms with Gasteiger partial charge in [0.25, 0.3) is 5.91 Å². The first-order valence-electron chi connectivity index (χ1n) is 10.1. The minimum atomic E-state index is -0.123. The molecule has 4 nitrogen and oxygen atoms in total. The van der Waals surface area contributed by atoms with E-state index in [4.69, 9.17) is 9.72 Å². The largest absolute Gasteiger partial charge is 0.497 e. The highest BCUT2D eigenvalue weighted by Gasteiger charge is 2.19. The van der Waals surface area contributed by atoms with E-state index >= 15 is 0 Å². The van der Waals surface area contributed by atoms with Crippen LogP contribution in [0.5, 0.6) is 5.75 Å². The van der Waals surface area contributed by atoms with Crippen LogP contribution < -0.4 is 10.1 Å². The van der Waals surface area contributed by atoms with Crippen LogP contribution in [-0.2, 0) is 6.42 Å². The molecule has 0 aliphatic heterocycles. The number of carbonyl (C=O) groups is 1. The summed E-state index contributed by atoms with van der Waals surface area (Å²) in [4.78, 5) is 18.3. The second-order valence-electron chi connectivity index (χ2n) is 7.17. The smallest absolute Gasteiger partial charge is 0.256 e. The van der Waals surface area contributed by atoms with Crippen LogP contribution in [0.1, 0.15) is 28.4 Å². The Balaban J connectivity index is 1.85. The van der Waals surface area contributed by atoms with Crippen molar-refractivity contribution in [3.63, 3.8) is 0 Å². The number of anilines is 1. The normalized spacial score (nSPS) is 10.8. The van der Waals surface area contributed by atoms with Crippen LogP contribution in [0.2, 0.25) is 0 Å². The number of hydrogen-bond acceptors (Lipinski definition) is 3. The van der Waals surface area contributed by atoms with E-state index in [2.05, 4.69) is 12.2 Å². The van der Waals surface area contributed by atoms with Gasteiger partial charge in [0.15, 0.2) is 0 Å². The van der Waals surface area contributed by atoms with Gasteiger partial charge >= 0.3 is 0 Å². The number of rotatable bonds is 5. The first-order valence-corrected chi connectivity index (χ1v) is 10.1. The lowest BCUT2D eigenvalue weighted by molar-refractivity contribution is 0.102. The Hall–Kier alpha value is -3.66. The van der Waals surface area contributed by atoms with Crippen molar-refractivity contribution in [1.82, 2.24) is 4.98 Å². The summed E-state index contributed by atoms with van der Waals surface area (Å²) in [5.74, 6) is 0.660. The van der Waals surface area contributed by atoms with Gasteiger partial charge in [0.05, 0.1) is 23.9 Å². The summed E-state index contributed by atoms with van der Waals surface area (Å²) in [6.45, 7) is 4.04. The van der Waals surface area contributed by atoms with Gasteiger partial charge in [0.1, 0.15) is 5.75 Å². The van der Waals surface area contributed by atoms with E-state index in [-0.39, 0.29) is 5.91 Å². The Bertz CT molecular complexity index is 1210. The Kier molecular flexibility index (Phi) is 5.48. The number of hydrogen-bond donors (Lipinski definition) is 1. The van der Waals surface area contributed by atoms with Gasteiger partial charge in [0.2, 0.25) is 0 Å². The predicted molar refractivity (Wildman–Crippen MR) is 122 cm³/mol. The molecule has 150 valence electrons. The van der Waals surface area contributed by atoms with E-state index in [1.807, 2.05) is 79.7 Å². The number of methoxy groups -OCH3 is 1. The third kappa shape index (κ3) is 3.64. The molecular formula is C26H24N2O2. The highest BCUT2D eigenvalue weighted by Crippen LogP contribution is 2.31. The lowest BCUT2D eigenvalue weighted by Gasteiger charge is -2.16. The number of pyridine rings is 1. The molecule has 0 aliphatic rings. The second-order valence-corrected chi connectivity index (χ2v) is 7.17. The molecule has 0 fully saturated rings. The van der Waals surface area contributed by atoms with Gasteiger partial charge in [-0.15, -0.1) is 0 Å². The summed E-state index contributed by atoms with van der Waals surface area (Å²) < 4.78 is 5.27. The fourth-order valence-electron chi connectivity index (χ4n) is 3.77. The average molecular weight is 396 g/mol. The molecule has 0 saturated carbocycles. The quantitative estimate of drug-likeness (QED) is 0.448. The summed E-state index contributed by atoms with van der Waals surface area (Å²) in [5, 5.41) is 3.97. The van der Waals surface area contributed by atoms with Crippen LogP contribution in [0, 0.1) is 6.92 Å². The summed E-state index contributed by atoms with van der Waals surface area (Å²) in [5.41, 5.74) is 5.99. The maximum atomic E-state index is 13.4. The van der Waals surface area contributed by atoms with Gasteiger partial charge in [-0.25, -0.2) is 4.98 Å². The number of benzene rings is 3. The first-order chi connectivity index (χ1) is 14.6. The van der Waals surface area contributed by atoms with E-state index in [0.29, 0.717) is 5.56 Å². The van der Waals surface area contributed by atoms with Gasteiger partial charge < -0.3 is 10.1 Å². The molecule has 1 N–H and O–H groups in total. The zero-order valence-electron chi connectivity index (χ0n) is 17.4. The Morgan fingerprint density at radius 2 is 1.67 bits per heavy atom. The number of nitrogens with zero attached hydrogens (tertiary/aromatic N) is 1. The highest BCUT2D eigenvalue weighted by atomic mass is 16.5. The van der Waals surface area contributed by atoms with Crippen LogP contribution >= 0.6 is 0 Å². The van der Waals surface area contributed by atoms with Crippen LogP contribution in [0.25, 0.3) is 22.2 Å². The van der Waals surface area contributed by atoms with Crippen molar-refractivity contribution in [3.8, 4) is 17.0 Å². The molecule has 0 bridgehead atoms. The zero-order chi connectivity index (χ0) is 21.1. The fraction of sp³-hybridized carbons (Fsp3) is 0.154. The molecule has 0 unspecified atom stereocenters. The Morgan fingerprint density at radius 1 is 0.967 bits per heavy atom. The topological polar surface area (TPSA) is 51.2 Å². The predicted octanol–water partition coefficient (Wildman–Crippen LogP) is 6.03. The molecule has 1 aromatic heterocycles. The lowest BCUT2D eigenvalue weighted by atomic mass is 9.97. The fourth-order valence-corrected chi connectivity index (χ4v) is 3.77. The van der Waals surface area contributed by atoms with Crippen molar-refractivity contribution < 1.29 is 9.53 Å². The third-order valence-corrected chi connectivity index (χ3v) is 5.37. The maximum absolute atomic E-state index is 13.4. The van der Waals surface area contributed by atoms with Crippen LogP contribution in [0.3, 0.4) is 0 Å². The summed E-state index contributed by atoms with van der Waals surface area (Å²) in [7, 11) is 1.64. The van der Waals surface area contributed by atoms with Crippen molar-refractivity contribution in [2.45, 2.75) is 20.3 Å². The number of para-hydroxylation sites is 2. The number of nitrogens with one attached hydrogen (secondary N) is 1. The van der Waals surface area contributed by atoms with Crippen molar-refractivity contribution in [1.29, 1.82) is 0 Å². The summed E-state index contributed by atoms with van der Waals surface area (Å²) >= 11 is 0. The lowest BCUT2D eigenvalue weighted by Crippen LogP contribution is -2.16. The van der Waals surface area contributed by atoms with Gasteiger partial charge in [0, 0.05) is 16.6 Å². The minimum Gasteiger partial charge on any atom is -0.497 e. The number of fused-ring (bicyclic) bond motifs is 1. The van der Waals surface area contributed by atoms with Gasteiger partial charge in [-0.1, -0.05) is 43.3 Å². The number of aryl methyl sites for hydroxylation is 1. The summed E-state index contributed by atoms with van der Waals surface area (Å²) in [6, 6.07) is 23.4. The standard InChI is InChI=1S/C26H24N2O2/c1-4-18-9-5-7-11-22(18)28-26(29)24-17(2)25(19-13-15-20(30-3)16-14-19)27-23-12-8-6-10-21(23)24/h5-16H,4H2,1-3H3,(H,28,29). The molecule has 4 rings (SSSR count). The molecule has 0 radical (unpaired) electrons. The maximum Gasteiger partial charge on any atom is 0.256 e. The van der Waals surface area contributed by atoms with E-state index in [0.717, 1.165) is 51.1 Å². The number of amides is 1. The number of carbonyl (C=O) groups excluding carboxylic acids is 1. The first kappa shape index (κ1) is 19.6. The molecule has 0 saturated heterocycles. The van der Waals surface area contributed by atoms with E-state index in [1.54, 1.807) is 7.11 Å². The van der Waals surface area contributed by atoms with Crippen molar-refractivity contribution >= 4 is 22.5 Å². The van der Waals surface area contributed by atoms with Crippen LogP contribution in [0.15, 0.2) is 72.8 Å². The molecule has 3 aromatic carbocycles. The molecule has 0 spiro atoms. The van der Waals surface area contributed by atoms with E-state index in [9.17, 15) is 4.79 Å². The molecule has 1 heterocycles. The van der Waals surface area contributed by atoms with Crippen LogP contribution in [0.4, 0.5) is 5.69 Å². The molecule has 30 heavy (non-hydrogen) atoms.